The number of benzene rings is 2. The summed E-state index contributed by atoms with van der Waals surface area (Å²) < 4.78 is 12.1. The zero-order valence-corrected chi connectivity index (χ0v) is 27.8. The molecule has 1 aliphatic heterocycles. The van der Waals surface area contributed by atoms with E-state index in [4.69, 9.17) is 9.47 Å². The summed E-state index contributed by atoms with van der Waals surface area (Å²) >= 11 is 0. The highest BCUT2D eigenvalue weighted by molar-refractivity contribution is 7.09. The van der Waals surface area contributed by atoms with Crippen LogP contribution in [0.25, 0.3) is 10.4 Å². The number of allylic oxidation sites excluding steroid dienone is 2. The molecule has 0 aromatic heterocycles. The van der Waals surface area contributed by atoms with Crippen molar-refractivity contribution < 1.29 is 9.47 Å². The SMILES string of the molecule is CCCCCCCCCCOc1ccc(C2=CC=C(c3ccc(OCCCCCCCCCC)cc3)[Si]2(C)C)cc1. The number of hydrogen-bond acceptors (Lipinski definition) is 2. The summed E-state index contributed by atoms with van der Waals surface area (Å²) in [5, 5.41) is 2.99. The number of unbranched alkanes of at least 4 members (excludes halogenated alkanes) is 14. The molecule has 0 saturated carbocycles. The molecular weight excluding hydrogens is 517 g/mol. The minimum atomic E-state index is -1.78. The first-order valence-electron chi connectivity index (χ1n) is 17.0. The number of hydrogen-bond donors (Lipinski definition) is 0. The van der Waals surface area contributed by atoms with Gasteiger partial charge in [0, 0.05) is 0 Å². The maximum Gasteiger partial charge on any atom is 0.119 e. The van der Waals surface area contributed by atoms with Crippen molar-refractivity contribution in [2.75, 3.05) is 13.2 Å². The van der Waals surface area contributed by atoms with Crippen LogP contribution >= 0.6 is 0 Å². The van der Waals surface area contributed by atoms with Crippen LogP contribution < -0.4 is 9.47 Å². The molecule has 2 nitrogen and oxygen atoms in total. The minimum Gasteiger partial charge on any atom is -0.494 e. The van der Waals surface area contributed by atoms with Gasteiger partial charge in [-0.25, -0.2) is 0 Å². The van der Waals surface area contributed by atoms with E-state index >= 15 is 0 Å². The molecule has 226 valence electrons. The van der Waals surface area contributed by atoms with Crippen LogP contribution in [0.1, 0.15) is 128 Å². The fraction of sp³-hybridized carbons (Fsp3) is 0.579. The average molecular weight is 575 g/mol. The molecule has 0 fully saturated rings. The largest absolute Gasteiger partial charge is 0.494 e. The first-order valence-corrected chi connectivity index (χ1v) is 20.0. The van der Waals surface area contributed by atoms with Crippen LogP contribution in [0.5, 0.6) is 11.5 Å². The van der Waals surface area contributed by atoms with E-state index in [1.807, 2.05) is 0 Å². The van der Waals surface area contributed by atoms with Gasteiger partial charge in [-0.15, -0.1) is 0 Å². The fourth-order valence-corrected chi connectivity index (χ4v) is 9.02. The lowest BCUT2D eigenvalue weighted by Crippen LogP contribution is -2.28. The molecule has 0 spiro atoms. The van der Waals surface area contributed by atoms with Gasteiger partial charge >= 0.3 is 0 Å². The molecule has 0 aliphatic carbocycles. The minimum absolute atomic E-state index is 0.821. The van der Waals surface area contributed by atoms with Crippen molar-refractivity contribution in [3.05, 3.63) is 71.8 Å². The van der Waals surface area contributed by atoms with Gasteiger partial charge in [0.2, 0.25) is 0 Å². The lowest BCUT2D eigenvalue weighted by molar-refractivity contribution is 0.304. The van der Waals surface area contributed by atoms with Crippen LogP contribution in [0.3, 0.4) is 0 Å². The second-order valence-corrected chi connectivity index (χ2v) is 16.8. The molecule has 0 saturated heterocycles. The number of ether oxygens (including phenoxy) is 2. The van der Waals surface area contributed by atoms with Crippen LogP contribution in [0.15, 0.2) is 60.7 Å². The Morgan fingerprint density at radius 3 is 1.10 bits per heavy atom. The smallest absolute Gasteiger partial charge is 0.119 e. The maximum absolute atomic E-state index is 6.05. The summed E-state index contributed by atoms with van der Waals surface area (Å²) in [4.78, 5) is 0. The van der Waals surface area contributed by atoms with Gasteiger partial charge < -0.3 is 9.47 Å². The monoisotopic (exact) mass is 574 g/mol. The summed E-state index contributed by atoms with van der Waals surface area (Å²) in [5.74, 6) is 1.98. The molecule has 41 heavy (non-hydrogen) atoms. The molecule has 0 radical (unpaired) electrons. The van der Waals surface area contributed by atoms with E-state index in [9.17, 15) is 0 Å². The van der Waals surface area contributed by atoms with Gasteiger partial charge in [-0.05, 0) is 58.6 Å². The Morgan fingerprint density at radius 1 is 0.439 bits per heavy atom. The lowest BCUT2D eigenvalue weighted by atomic mass is 10.1. The normalized spacial score (nSPS) is 14.1. The Morgan fingerprint density at radius 2 is 0.756 bits per heavy atom. The predicted octanol–water partition coefficient (Wildman–Crippen LogP) is 12.0. The Kier molecular flexibility index (Phi) is 15.4. The summed E-state index contributed by atoms with van der Waals surface area (Å²) in [7, 11) is -1.78. The van der Waals surface area contributed by atoms with E-state index in [2.05, 4.69) is 87.6 Å². The summed E-state index contributed by atoms with van der Waals surface area (Å²) in [6, 6.07) is 17.6. The summed E-state index contributed by atoms with van der Waals surface area (Å²) in [5.41, 5.74) is 2.66. The first kappa shape index (κ1) is 33.2. The molecule has 1 heterocycles. The second-order valence-electron chi connectivity index (χ2n) is 12.5. The topological polar surface area (TPSA) is 18.5 Å². The van der Waals surface area contributed by atoms with Gasteiger partial charge in [0.05, 0.1) is 13.2 Å². The molecule has 0 unspecified atom stereocenters. The molecule has 3 rings (SSSR count). The van der Waals surface area contributed by atoms with Crippen LogP contribution in [-0.4, -0.2) is 21.3 Å². The summed E-state index contributed by atoms with van der Waals surface area (Å²) in [6.45, 7) is 11.1. The molecule has 0 amide bonds. The van der Waals surface area contributed by atoms with Gasteiger partial charge in [-0.2, -0.15) is 0 Å². The molecular formula is C38H58O2Si. The van der Waals surface area contributed by atoms with Crippen molar-refractivity contribution in [3.63, 3.8) is 0 Å². The van der Waals surface area contributed by atoms with Crippen molar-refractivity contribution in [1.29, 1.82) is 0 Å². The first-order chi connectivity index (χ1) is 20.1. The van der Waals surface area contributed by atoms with E-state index in [0.29, 0.717) is 0 Å². The van der Waals surface area contributed by atoms with Crippen molar-refractivity contribution >= 4 is 18.5 Å². The second kappa shape index (κ2) is 19.0. The van der Waals surface area contributed by atoms with E-state index < -0.39 is 8.07 Å². The highest BCUT2D eigenvalue weighted by atomic mass is 28.3. The van der Waals surface area contributed by atoms with Crippen molar-refractivity contribution in [1.82, 2.24) is 0 Å². The van der Waals surface area contributed by atoms with Gasteiger partial charge in [0.15, 0.2) is 0 Å². The Bertz CT molecular complexity index is 949. The van der Waals surface area contributed by atoms with Crippen molar-refractivity contribution in [2.24, 2.45) is 0 Å². The van der Waals surface area contributed by atoms with Crippen LogP contribution in [0, 0.1) is 0 Å². The standard InChI is InChI=1S/C38H58O2Si/c1-5-7-9-11-13-15-17-19-31-39-35-25-21-33(22-26-35)37-29-30-38(41(37,3)4)34-23-27-36(28-24-34)40-32-20-18-16-14-12-10-8-6-2/h21-30H,5-20,31-32H2,1-4H3. The molecule has 0 N–H and O–H groups in total. The van der Waals surface area contributed by atoms with Gasteiger partial charge in [-0.3, -0.25) is 0 Å². The quantitative estimate of drug-likeness (QED) is 0.103. The summed E-state index contributed by atoms with van der Waals surface area (Å²) in [6.07, 6.45) is 26.0. The van der Waals surface area contributed by atoms with Gasteiger partial charge in [0.25, 0.3) is 0 Å². The molecule has 1 aliphatic rings. The fourth-order valence-electron chi connectivity index (χ4n) is 5.96. The van der Waals surface area contributed by atoms with Gasteiger partial charge in [-0.1, -0.05) is 153 Å². The molecule has 2 aromatic rings. The van der Waals surface area contributed by atoms with E-state index in [1.165, 1.54) is 111 Å². The number of rotatable bonds is 22. The maximum atomic E-state index is 6.05. The average Bonchev–Trinajstić information content (AvgIpc) is 3.30. The molecule has 0 bridgehead atoms. The van der Waals surface area contributed by atoms with E-state index in [-0.39, 0.29) is 0 Å². The zero-order valence-electron chi connectivity index (χ0n) is 26.8. The highest BCUT2D eigenvalue weighted by Gasteiger charge is 2.35. The van der Waals surface area contributed by atoms with E-state index in [0.717, 1.165) is 37.6 Å². The van der Waals surface area contributed by atoms with Crippen molar-refractivity contribution in [3.8, 4) is 11.5 Å². The van der Waals surface area contributed by atoms with Crippen LogP contribution in [0.2, 0.25) is 13.1 Å². The zero-order chi connectivity index (χ0) is 29.2. The third-order valence-corrected chi connectivity index (χ3v) is 12.2. The predicted molar refractivity (Wildman–Crippen MR) is 183 cm³/mol. The molecule has 3 heteroatoms. The van der Waals surface area contributed by atoms with E-state index in [1.54, 1.807) is 0 Å². The Hall–Kier alpha value is -2.26. The Balaban J connectivity index is 1.38. The van der Waals surface area contributed by atoms with Crippen LogP contribution in [-0.2, 0) is 0 Å². The third kappa shape index (κ3) is 11.5. The third-order valence-electron chi connectivity index (χ3n) is 8.63. The van der Waals surface area contributed by atoms with Crippen LogP contribution in [0.4, 0.5) is 0 Å². The van der Waals surface area contributed by atoms with Crippen molar-refractivity contribution in [2.45, 2.75) is 130 Å². The lowest BCUT2D eigenvalue weighted by Gasteiger charge is -2.26. The molecule has 2 aromatic carbocycles. The highest BCUT2D eigenvalue weighted by Crippen LogP contribution is 2.42. The molecule has 0 atom stereocenters. The van der Waals surface area contributed by atoms with Gasteiger partial charge in [0.1, 0.15) is 19.6 Å². The Labute approximate surface area is 253 Å².